The molecule has 2 unspecified atom stereocenters. The number of hydrogen-bond acceptors (Lipinski definition) is 6. The molecule has 0 radical (unpaired) electrons. The lowest BCUT2D eigenvalue weighted by atomic mass is 9.98. The van der Waals surface area contributed by atoms with Crippen LogP contribution in [-0.2, 0) is 9.53 Å². The molecule has 0 rings (SSSR count). The molecule has 0 heterocycles. The SMILES string of the molecule is CC(C)C(OC(CO)[C@H](C)O)[C@H](CO)NC(=O)CCCCCCCO. The van der Waals surface area contributed by atoms with Gasteiger partial charge in [-0.3, -0.25) is 4.79 Å². The van der Waals surface area contributed by atoms with Crippen LogP contribution in [0.15, 0.2) is 0 Å². The Morgan fingerprint density at radius 2 is 1.56 bits per heavy atom. The molecule has 150 valence electrons. The number of carbonyl (C=O) groups excluding carboxylic acids is 1. The minimum absolute atomic E-state index is 0.0104. The number of amides is 1. The maximum atomic E-state index is 12.1. The van der Waals surface area contributed by atoms with Crippen LogP contribution in [0.25, 0.3) is 0 Å². The Balaban J connectivity index is 4.46. The molecular weight excluding hydrogens is 326 g/mol. The largest absolute Gasteiger partial charge is 0.396 e. The van der Waals surface area contributed by atoms with Gasteiger partial charge >= 0.3 is 0 Å². The van der Waals surface area contributed by atoms with Crippen molar-refractivity contribution in [3.8, 4) is 0 Å². The molecule has 0 saturated heterocycles. The molecule has 7 heteroatoms. The van der Waals surface area contributed by atoms with Crippen LogP contribution in [0.4, 0.5) is 0 Å². The second-order valence-electron chi connectivity index (χ2n) is 6.90. The molecule has 0 aliphatic rings. The molecule has 25 heavy (non-hydrogen) atoms. The highest BCUT2D eigenvalue weighted by Crippen LogP contribution is 2.16. The number of rotatable bonds is 15. The van der Waals surface area contributed by atoms with Crippen molar-refractivity contribution >= 4 is 5.91 Å². The molecule has 0 aromatic carbocycles. The molecule has 0 spiro atoms. The molecule has 0 aliphatic heterocycles. The zero-order valence-corrected chi connectivity index (χ0v) is 15.9. The normalized spacial score (nSPS) is 16.5. The van der Waals surface area contributed by atoms with Crippen molar-refractivity contribution in [1.29, 1.82) is 0 Å². The number of nitrogens with one attached hydrogen (secondary N) is 1. The number of aliphatic hydroxyl groups excluding tert-OH is 4. The zero-order valence-electron chi connectivity index (χ0n) is 15.9. The van der Waals surface area contributed by atoms with Crippen molar-refractivity contribution in [1.82, 2.24) is 5.32 Å². The lowest BCUT2D eigenvalue weighted by molar-refractivity contribution is -0.133. The first-order valence-corrected chi connectivity index (χ1v) is 9.32. The predicted octanol–water partition coefficient (Wildman–Crippen LogP) is 0.579. The first-order chi connectivity index (χ1) is 11.9. The standard InChI is InChI=1S/C18H37NO6/c1-13(2)18(25-16(12-22)14(3)23)15(11-21)19-17(24)9-7-5-4-6-8-10-20/h13-16,18,20-23H,4-12H2,1-3H3,(H,19,24)/t14-,15-,16?,18?/m0/s1. The minimum atomic E-state index is -0.847. The third-order valence-corrected chi connectivity index (χ3v) is 4.21. The number of hydrogen-bond donors (Lipinski definition) is 5. The predicted molar refractivity (Wildman–Crippen MR) is 96.1 cm³/mol. The summed E-state index contributed by atoms with van der Waals surface area (Å²) in [4.78, 5) is 12.1. The van der Waals surface area contributed by atoms with E-state index in [9.17, 15) is 20.1 Å². The van der Waals surface area contributed by atoms with Crippen LogP contribution in [0.2, 0.25) is 0 Å². The number of aliphatic hydroxyl groups is 4. The average Bonchev–Trinajstić information content (AvgIpc) is 2.56. The molecule has 7 nitrogen and oxygen atoms in total. The van der Waals surface area contributed by atoms with Gasteiger partial charge in [0, 0.05) is 13.0 Å². The fourth-order valence-electron chi connectivity index (χ4n) is 2.67. The highest BCUT2D eigenvalue weighted by atomic mass is 16.5. The Morgan fingerprint density at radius 1 is 0.960 bits per heavy atom. The molecule has 5 N–H and O–H groups in total. The monoisotopic (exact) mass is 363 g/mol. The maximum Gasteiger partial charge on any atom is 0.220 e. The highest BCUT2D eigenvalue weighted by molar-refractivity contribution is 5.76. The summed E-state index contributed by atoms with van der Waals surface area (Å²) in [6.07, 6.45) is 2.69. The van der Waals surface area contributed by atoms with Crippen LogP contribution in [0, 0.1) is 5.92 Å². The Labute approximate surface area is 151 Å². The topological polar surface area (TPSA) is 119 Å². The molecule has 0 aromatic heterocycles. The molecule has 1 amide bonds. The maximum absolute atomic E-state index is 12.1. The van der Waals surface area contributed by atoms with Gasteiger partial charge in [-0.15, -0.1) is 0 Å². The average molecular weight is 363 g/mol. The summed E-state index contributed by atoms with van der Waals surface area (Å²) in [5.41, 5.74) is 0. The molecule has 0 bridgehead atoms. The van der Waals surface area contributed by atoms with Crippen LogP contribution >= 0.6 is 0 Å². The molecule has 4 atom stereocenters. The summed E-state index contributed by atoms with van der Waals surface area (Å²) in [5, 5.41) is 40.1. The summed E-state index contributed by atoms with van der Waals surface area (Å²) >= 11 is 0. The van der Waals surface area contributed by atoms with Crippen LogP contribution in [0.3, 0.4) is 0 Å². The minimum Gasteiger partial charge on any atom is -0.396 e. The Morgan fingerprint density at radius 3 is 2.04 bits per heavy atom. The summed E-state index contributed by atoms with van der Waals surface area (Å²) in [7, 11) is 0. The Hall–Kier alpha value is -0.730. The van der Waals surface area contributed by atoms with Crippen molar-refractivity contribution in [2.24, 2.45) is 5.92 Å². The van der Waals surface area contributed by atoms with Gasteiger partial charge < -0.3 is 30.5 Å². The quantitative estimate of drug-likeness (QED) is 0.272. The molecule has 0 fully saturated rings. The lowest BCUT2D eigenvalue weighted by Gasteiger charge is -2.33. The van der Waals surface area contributed by atoms with Crippen LogP contribution in [-0.4, -0.2) is 70.5 Å². The van der Waals surface area contributed by atoms with Gasteiger partial charge in [-0.25, -0.2) is 0 Å². The van der Waals surface area contributed by atoms with Gasteiger partial charge in [0.2, 0.25) is 5.91 Å². The molecule has 0 aromatic rings. The van der Waals surface area contributed by atoms with Gasteiger partial charge in [-0.1, -0.05) is 33.1 Å². The lowest BCUT2D eigenvalue weighted by Crippen LogP contribution is -2.51. The second-order valence-corrected chi connectivity index (χ2v) is 6.90. The first kappa shape index (κ1) is 24.3. The van der Waals surface area contributed by atoms with Gasteiger partial charge in [0.1, 0.15) is 6.10 Å². The van der Waals surface area contributed by atoms with Crippen molar-refractivity contribution in [3.63, 3.8) is 0 Å². The third-order valence-electron chi connectivity index (χ3n) is 4.21. The van der Waals surface area contributed by atoms with Crippen LogP contribution in [0.1, 0.15) is 59.3 Å². The Bertz CT molecular complexity index is 338. The van der Waals surface area contributed by atoms with Crippen LogP contribution in [0.5, 0.6) is 0 Å². The fraction of sp³-hybridized carbons (Fsp3) is 0.944. The van der Waals surface area contributed by atoms with E-state index in [1.54, 1.807) is 0 Å². The Kier molecular flexibility index (Phi) is 14.0. The summed E-state index contributed by atoms with van der Waals surface area (Å²) < 4.78 is 5.75. The number of carbonyl (C=O) groups is 1. The summed E-state index contributed by atoms with van der Waals surface area (Å²) in [5.74, 6) is -0.156. The summed E-state index contributed by atoms with van der Waals surface area (Å²) in [6.45, 7) is 4.93. The van der Waals surface area contributed by atoms with E-state index in [1.807, 2.05) is 13.8 Å². The van der Waals surface area contributed by atoms with Crippen molar-refractivity contribution in [2.45, 2.75) is 83.6 Å². The number of unbranched alkanes of at least 4 members (excludes halogenated alkanes) is 4. The van der Waals surface area contributed by atoms with E-state index in [1.165, 1.54) is 6.92 Å². The third kappa shape index (κ3) is 10.8. The summed E-state index contributed by atoms with van der Waals surface area (Å²) in [6, 6.07) is -0.588. The van der Waals surface area contributed by atoms with E-state index < -0.39 is 24.4 Å². The van der Waals surface area contributed by atoms with Gasteiger partial charge in [0.15, 0.2) is 0 Å². The molecule has 0 saturated carbocycles. The van der Waals surface area contributed by atoms with Crippen molar-refractivity contribution in [2.75, 3.05) is 19.8 Å². The van der Waals surface area contributed by atoms with E-state index in [-0.39, 0.29) is 31.6 Å². The number of ether oxygens (including phenoxy) is 1. The van der Waals surface area contributed by atoms with Gasteiger partial charge in [-0.05, 0) is 25.7 Å². The molecule has 0 aliphatic carbocycles. The van der Waals surface area contributed by atoms with Gasteiger partial charge in [0.05, 0.1) is 31.5 Å². The van der Waals surface area contributed by atoms with Crippen LogP contribution < -0.4 is 5.32 Å². The van der Waals surface area contributed by atoms with Gasteiger partial charge in [0.25, 0.3) is 0 Å². The van der Waals surface area contributed by atoms with E-state index in [0.717, 1.165) is 32.1 Å². The van der Waals surface area contributed by atoms with E-state index in [0.29, 0.717) is 6.42 Å². The van der Waals surface area contributed by atoms with E-state index in [4.69, 9.17) is 9.84 Å². The van der Waals surface area contributed by atoms with E-state index >= 15 is 0 Å². The second kappa shape index (κ2) is 14.4. The van der Waals surface area contributed by atoms with Gasteiger partial charge in [-0.2, -0.15) is 0 Å². The zero-order chi connectivity index (χ0) is 19.2. The fourth-order valence-corrected chi connectivity index (χ4v) is 2.67. The first-order valence-electron chi connectivity index (χ1n) is 9.32. The van der Waals surface area contributed by atoms with Crippen molar-refractivity contribution in [3.05, 3.63) is 0 Å². The van der Waals surface area contributed by atoms with E-state index in [2.05, 4.69) is 5.32 Å². The smallest absolute Gasteiger partial charge is 0.220 e. The molecular formula is C18H37NO6. The van der Waals surface area contributed by atoms with Crippen molar-refractivity contribution < 1.29 is 30.0 Å². The highest BCUT2D eigenvalue weighted by Gasteiger charge is 2.30.